The zero-order valence-corrected chi connectivity index (χ0v) is 14.1. The molecule has 0 atom stereocenters. The number of rotatable bonds is 5. The summed E-state index contributed by atoms with van der Waals surface area (Å²) in [5.41, 5.74) is 1.20. The number of carbonyl (C=O) groups excluding carboxylic acids is 2. The summed E-state index contributed by atoms with van der Waals surface area (Å²) in [6.45, 7) is 1.84. The number of piperidine rings is 1. The van der Waals surface area contributed by atoms with E-state index in [1.165, 1.54) is 11.8 Å². The fourth-order valence-electron chi connectivity index (χ4n) is 2.98. The molecule has 25 heavy (non-hydrogen) atoms. The molecule has 132 valence electrons. The molecule has 6 heteroatoms. The highest BCUT2D eigenvalue weighted by Gasteiger charge is 2.25. The largest absolute Gasteiger partial charge is 0.459 e. The third kappa shape index (κ3) is 4.86. The van der Waals surface area contributed by atoms with Crippen LogP contribution in [0.5, 0.6) is 0 Å². The Bertz CT molecular complexity index is 677. The quantitative estimate of drug-likeness (QED) is 0.877. The van der Waals surface area contributed by atoms with Crippen LogP contribution in [0.2, 0.25) is 0 Å². The van der Waals surface area contributed by atoms with Gasteiger partial charge in [0, 0.05) is 25.7 Å². The maximum absolute atomic E-state index is 12.2. The Kier molecular flexibility index (Phi) is 5.72. The molecule has 0 saturated carbocycles. The molecule has 3 rings (SSSR count). The maximum Gasteiger partial charge on any atom is 0.315 e. The average molecular weight is 341 g/mol. The van der Waals surface area contributed by atoms with Gasteiger partial charge in [0.05, 0.1) is 6.26 Å². The smallest absolute Gasteiger partial charge is 0.315 e. The van der Waals surface area contributed by atoms with Crippen LogP contribution in [-0.2, 0) is 6.42 Å². The van der Waals surface area contributed by atoms with Crippen LogP contribution in [0.25, 0.3) is 0 Å². The molecule has 1 aromatic carbocycles. The van der Waals surface area contributed by atoms with Crippen molar-refractivity contribution in [2.45, 2.75) is 25.3 Å². The monoisotopic (exact) mass is 341 g/mol. The minimum Gasteiger partial charge on any atom is -0.459 e. The van der Waals surface area contributed by atoms with Crippen LogP contribution in [0, 0.1) is 0 Å². The van der Waals surface area contributed by atoms with E-state index in [2.05, 4.69) is 10.6 Å². The fourth-order valence-corrected chi connectivity index (χ4v) is 2.98. The van der Waals surface area contributed by atoms with E-state index >= 15 is 0 Å². The van der Waals surface area contributed by atoms with Crippen molar-refractivity contribution >= 4 is 11.9 Å². The standard InChI is InChI=1S/C19H23N3O3/c23-18(17-7-4-14-25-17)22-12-9-16(10-13-22)21-19(24)20-11-8-15-5-2-1-3-6-15/h1-7,14,16H,8-13H2,(H2,20,21,24). The lowest BCUT2D eigenvalue weighted by Crippen LogP contribution is -2.49. The van der Waals surface area contributed by atoms with Gasteiger partial charge in [-0.15, -0.1) is 0 Å². The van der Waals surface area contributed by atoms with Gasteiger partial charge in [-0.05, 0) is 37.0 Å². The van der Waals surface area contributed by atoms with Crippen LogP contribution in [0.3, 0.4) is 0 Å². The Morgan fingerprint density at radius 2 is 1.84 bits per heavy atom. The molecule has 0 spiro atoms. The van der Waals surface area contributed by atoms with Crippen LogP contribution in [0.1, 0.15) is 29.0 Å². The van der Waals surface area contributed by atoms with Crippen molar-refractivity contribution in [1.82, 2.24) is 15.5 Å². The number of likely N-dealkylation sites (tertiary alicyclic amines) is 1. The van der Waals surface area contributed by atoms with Crippen molar-refractivity contribution in [3.05, 3.63) is 60.1 Å². The van der Waals surface area contributed by atoms with Crippen molar-refractivity contribution in [1.29, 1.82) is 0 Å². The van der Waals surface area contributed by atoms with Crippen molar-refractivity contribution in [2.75, 3.05) is 19.6 Å². The van der Waals surface area contributed by atoms with Crippen molar-refractivity contribution < 1.29 is 14.0 Å². The summed E-state index contributed by atoms with van der Waals surface area (Å²) in [6, 6.07) is 13.4. The van der Waals surface area contributed by atoms with E-state index < -0.39 is 0 Å². The van der Waals surface area contributed by atoms with Gasteiger partial charge in [0.2, 0.25) is 0 Å². The molecule has 0 bridgehead atoms. The SMILES string of the molecule is O=C(NCCc1ccccc1)NC1CCN(C(=O)c2ccco2)CC1. The van der Waals surface area contributed by atoms with E-state index in [9.17, 15) is 9.59 Å². The molecule has 1 saturated heterocycles. The maximum atomic E-state index is 12.2. The summed E-state index contributed by atoms with van der Waals surface area (Å²) in [4.78, 5) is 26.0. The second kappa shape index (κ2) is 8.37. The molecule has 6 nitrogen and oxygen atoms in total. The summed E-state index contributed by atoms with van der Waals surface area (Å²) in [7, 11) is 0. The van der Waals surface area contributed by atoms with E-state index in [1.807, 2.05) is 30.3 Å². The zero-order valence-electron chi connectivity index (χ0n) is 14.1. The van der Waals surface area contributed by atoms with Gasteiger partial charge < -0.3 is 20.0 Å². The molecule has 1 fully saturated rings. The summed E-state index contributed by atoms with van der Waals surface area (Å²) >= 11 is 0. The predicted octanol–water partition coefficient (Wildman–Crippen LogP) is 2.43. The van der Waals surface area contributed by atoms with Gasteiger partial charge in [0.25, 0.3) is 5.91 Å². The summed E-state index contributed by atoms with van der Waals surface area (Å²) in [6.07, 6.45) is 3.81. The lowest BCUT2D eigenvalue weighted by atomic mass is 10.0. The Hall–Kier alpha value is -2.76. The van der Waals surface area contributed by atoms with Gasteiger partial charge in [-0.25, -0.2) is 4.79 Å². The fraction of sp³-hybridized carbons (Fsp3) is 0.368. The normalized spacial score (nSPS) is 15.0. The third-order valence-corrected chi connectivity index (χ3v) is 4.39. The lowest BCUT2D eigenvalue weighted by molar-refractivity contribution is 0.0676. The van der Waals surface area contributed by atoms with E-state index in [-0.39, 0.29) is 18.0 Å². The van der Waals surface area contributed by atoms with Crippen LogP contribution in [-0.4, -0.2) is 42.5 Å². The minimum atomic E-state index is -0.147. The second-order valence-electron chi connectivity index (χ2n) is 6.18. The van der Waals surface area contributed by atoms with Crippen molar-refractivity contribution in [2.24, 2.45) is 0 Å². The molecule has 3 amide bonds. The van der Waals surface area contributed by atoms with Gasteiger partial charge in [-0.3, -0.25) is 4.79 Å². The van der Waals surface area contributed by atoms with E-state index in [0.29, 0.717) is 25.4 Å². The number of benzene rings is 1. The second-order valence-corrected chi connectivity index (χ2v) is 6.18. The van der Waals surface area contributed by atoms with Gasteiger partial charge >= 0.3 is 6.03 Å². The molecular formula is C19H23N3O3. The van der Waals surface area contributed by atoms with E-state index in [1.54, 1.807) is 17.0 Å². The van der Waals surface area contributed by atoms with Gasteiger partial charge in [0.1, 0.15) is 0 Å². The number of carbonyl (C=O) groups is 2. The summed E-state index contributed by atoms with van der Waals surface area (Å²) in [5.74, 6) is 0.279. The van der Waals surface area contributed by atoms with Crippen LogP contribution in [0.15, 0.2) is 53.1 Å². The molecule has 2 heterocycles. The molecule has 0 unspecified atom stereocenters. The Labute approximate surface area is 147 Å². The summed E-state index contributed by atoms with van der Waals surface area (Å²) in [5, 5.41) is 5.88. The molecule has 1 aromatic heterocycles. The lowest BCUT2D eigenvalue weighted by Gasteiger charge is -2.31. The highest BCUT2D eigenvalue weighted by atomic mass is 16.3. The molecule has 1 aliphatic rings. The molecule has 2 N–H and O–H groups in total. The van der Waals surface area contributed by atoms with Crippen molar-refractivity contribution in [3.8, 4) is 0 Å². The first-order valence-electron chi connectivity index (χ1n) is 8.63. The van der Waals surface area contributed by atoms with Gasteiger partial charge in [0.15, 0.2) is 5.76 Å². The number of urea groups is 1. The Balaban J connectivity index is 1.35. The number of furan rings is 1. The van der Waals surface area contributed by atoms with E-state index in [0.717, 1.165) is 19.3 Å². The van der Waals surface area contributed by atoms with Crippen molar-refractivity contribution in [3.63, 3.8) is 0 Å². The zero-order chi connectivity index (χ0) is 17.5. The highest BCUT2D eigenvalue weighted by molar-refractivity contribution is 5.91. The molecule has 0 radical (unpaired) electrons. The Morgan fingerprint density at radius 3 is 2.52 bits per heavy atom. The number of hydrogen-bond acceptors (Lipinski definition) is 3. The van der Waals surface area contributed by atoms with Gasteiger partial charge in [-0.1, -0.05) is 30.3 Å². The molecule has 1 aliphatic heterocycles. The third-order valence-electron chi connectivity index (χ3n) is 4.39. The highest BCUT2D eigenvalue weighted by Crippen LogP contribution is 2.14. The van der Waals surface area contributed by atoms with Crippen LogP contribution >= 0.6 is 0 Å². The first kappa shape index (κ1) is 17.1. The number of amides is 3. The Morgan fingerprint density at radius 1 is 1.08 bits per heavy atom. The minimum absolute atomic E-state index is 0.0873. The van der Waals surface area contributed by atoms with Crippen LogP contribution < -0.4 is 10.6 Å². The average Bonchev–Trinajstić information content (AvgIpc) is 3.17. The number of nitrogens with one attached hydrogen (secondary N) is 2. The van der Waals surface area contributed by atoms with Crippen LogP contribution in [0.4, 0.5) is 4.79 Å². The van der Waals surface area contributed by atoms with E-state index in [4.69, 9.17) is 4.42 Å². The number of nitrogens with zero attached hydrogens (tertiary/aromatic N) is 1. The number of hydrogen-bond donors (Lipinski definition) is 2. The molecule has 2 aromatic rings. The molecular weight excluding hydrogens is 318 g/mol. The molecule has 0 aliphatic carbocycles. The van der Waals surface area contributed by atoms with Gasteiger partial charge in [-0.2, -0.15) is 0 Å². The topological polar surface area (TPSA) is 74.6 Å². The first-order valence-corrected chi connectivity index (χ1v) is 8.63. The first-order chi connectivity index (χ1) is 12.2. The predicted molar refractivity (Wildman–Crippen MR) is 94.3 cm³/mol. The summed E-state index contributed by atoms with van der Waals surface area (Å²) < 4.78 is 5.15.